The van der Waals surface area contributed by atoms with E-state index in [-0.39, 0.29) is 5.91 Å². The predicted molar refractivity (Wildman–Crippen MR) is 114 cm³/mol. The molecule has 3 rings (SSSR count). The second-order valence-electron chi connectivity index (χ2n) is 7.06. The highest BCUT2D eigenvalue weighted by molar-refractivity contribution is 6.14. The second-order valence-corrected chi connectivity index (χ2v) is 7.06. The Morgan fingerprint density at radius 1 is 0.966 bits per heavy atom. The minimum absolute atomic E-state index is 0.206. The summed E-state index contributed by atoms with van der Waals surface area (Å²) in [5, 5.41) is 2.84. The molecule has 1 aliphatic rings. The number of benzene rings is 2. The van der Waals surface area contributed by atoms with Crippen LogP contribution in [-0.4, -0.2) is 33.1 Å². The van der Waals surface area contributed by atoms with Crippen molar-refractivity contribution in [2.24, 2.45) is 4.99 Å². The van der Waals surface area contributed by atoms with Crippen LogP contribution in [0.25, 0.3) is 6.08 Å². The zero-order valence-corrected chi connectivity index (χ0v) is 17.4. The summed E-state index contributed by atoms with van der Waals surface area (Å²) < 4.78 is 16.0. The largest absolute Gasteiger partial charge is 0.496 e. The first-order valence-electron chi connectivity index (χ1n) is 9.44. The van der Waals surface area contributed by atoms with E-state index >= 15 is 0 Å². The van der Waals surface area contributed by atoms with Crippen LogP contribution in [0.4, 0.5) is 0 Å². The average molecular weight is 394 g/mol. The molecule has 152 valence electrons. The first kappa shape index (κ1) is 20.5. The van der Waals surface area contributed by atoms with Crippen LogP contribution in [-0.2, 0) is 11.2 Å². The van der Waals surface area contributed by atoms with Gasteiger partial charge in [-0.15, -0.1) is 0 Å². The van der Waals surface area contributed by atoms with Crippen LogP contribution in [0.3, 0.4) is 0 Å². The number of amides is 1. The molecular weight excluding hydrogens is 368 g/mol. The second kappa shape index (κ2) is 8.82. The SMILES string of the molecule is COc1ccc(CC2=N/C(=C/c3ccc(OC)c(C(C)C)c3)C(=O)N2)cc1OC. The van der Waals surface area contributed by atoms with Crippen molar-refractivity contribution in [3.63, 3.8) is 0 Å². The number of aliphatic imine (C=N–C) groups is 1. The van der Waals surface area contributed by atoms with Crippen molar-refractivity contribution in [2.75, 3.05) is 21.3 Å². The molecule has 0 bridgehead atoms. The van der Waals surface area contributed by atoms with E-state index in [1.54, 1.807) is 27.4 Å². The van der Waals surface area contributed by atoms with Crippen molar-refractivity contribution in [3.05, 3.63) is 58.8 Å². The number of nitrogens with one attached hydrogen (secondary N) is 1. The summed E-state index contributed by atoms with van der Waals surface area (Å²) in [6.07, 6.45) is 2.28. The predicted octanol–water partition coefficient (Wildman–Crippen LogP) is 3.95. The van der Waals surface area contributed by atoms with E-state index in [1.807, 2.05) is 36.4 Å². The molecule has 6 nitrogen and oxygen atoms in total. The topological polar surface area (TPSA) is 69.2 Å². The highest BCUT2D eigenvalue weighted by Gasteiger charge is 2.21. The number of hydrogen-bond acceptors (Lipinski definition) is 5. The quantitative estimate of drug-likeness (QED) is 0.722. The van der Waals surface area contributed by atoms with Crippen LogP contribution in [0.1, 0.15) is 36.5 Å². The van der Waals surface area contributed by atoms with Crippen molar-refractivity contribution >= 4 is 17.8 Å². The third-order valence-corrected chi connectivity index (χ3v) is 4.74. The Morgan fingerprint density at radius 2 is 1.66 bits per heavy atom. The summed E-state index contributed by atoms with van der Waals surface area (Å²) >= 11 is 0. The summed E-state index contributed by atoms with van der Waals surface area (Å²) in [5.74, 6) is 2.86. The number of methoxy groups -OCH3 is 3. The smallest absolute Gasteiger partial charge is 0.275 e. The third-order valence-electron chi connectivity index (χ3n) is 4.74. The Bertz CT molecular complexity index is 977. The van der Waals surface area contributed by atoms with Gasteiger partial charge in [-0.25, -0.2) is 4.99 Å². The number of carbonyl (C=O) groups is 1. The minimum Gasteiger partial charge on any atom is -0.496 e. The summed E-state index contributed by atoms with van der Waals surface area (Å²) in [4.78, 5) is 16.9. The van der Waals surface area contributed by atoms with Crippen LogP contribution in [0.5, 0.6) is 17.2 Å². The maximum absolute atomic E-state index is 12.4. The zero-order valence-electron chi connectivity index (χ0n) is 17.4. The minimum atomic E-state index is -0.206. The van der Waals surface area contributed by atoms with Gasteiger partial charge in [-0.3, -0.25) is 4.79 Å². The van der Waals surface area contributed by atoms with Crippen LogP contribution < -0.4 is 19.5 Å². The lowest BCUT2D eigenvalue weighted by molar-refractivity contribution is -0.115. The number of amidine groups is 1. The van der Waals surface area contributed by atoms with E-state index < -0.39 is 0 Å². The number of hydrogen-bond donors (Lipinski definition) is 1. The monoisotopic (exact) mass is 394 g/mol. The summed E-state index contributed by atoms with van der Waals surface area (Å²) in [7, 11) is 4.85. The Morgan fingerprint density at radius 3 is 2.31 bits per heavy atom. The van der Waals surface area contributed by atoms with Gasteiger partial charge in [0.2, 0.25) is 0 Å². The number of carbonyl (C=O) groups excluding carboxylic acids is 1. The number of ether oxygens (including phenoxy) is 3. The van der Waals surface area contributed by atoms with E-state index in [0.717, 1.165) is 22.4 Å². The number of rotatable bonds is 7. The Balaban J connectivity index is 1.84. The molecule has 1 amide bonds. The summed E-state index contributed by atoms with van der Waals surface area (Å²) in [6.45, 7) is 4.22. The first-order chi connectivity index (χ1) is 13.9. The van der Waals surface area contributed by atoms with Gasteiger partial charge in [-0.1, -0.05) is 26.0 Å². The van der Waals surface area contributed by atoms with Crippen molar-refractivity contribution in [1.29, 1.82) is 0 Å². The first-order valence-corrected chi connectivity index (χ1v) is 9.44. The number of nitrogens with zero attached hydrogens (tertiary/aromatic N) is 1. The van der Waals surface area contributed by atoms with Gasteiger partial charge in [0, 0.05) is 6.42 Å². The maximum atomic E-state index is 12.4. The van der Waals surface area contributed by atoms with E-state index in [0.29, 0.717) is 35.4 Å². The lowest BCUT2D eigenvalue weighted by atomic mass is 9.99. The van der Waals surface area contributed by atoms with Crippen molar-refractivity contribution in [3.8, 4) is 17.2 Å². The molecule has 0 atom stereocenters. The van der Waals surface area contributed by atoms with E-state index in [4.69, 9.17) is 14.2 Å². The van der Waals surface area contributed by atoms with Gasteiger partial charge in [0.25, 0.3) is 5.91 Å². The normalized spacial score (nSPS) is 14.8. The molecule has 29 heavy (non-hydrogen) atoms. The van der Waals surface area contributed by atoms with Crippen LogP contribution in [0.2, 0.25) is 0 Å². The van der Waals surface area contributed by atoms with Gasteiger partial charge in [0.15, 0.2) is 11.5 Å². The fourth-order valence-corrected chi connectivity index (χ4v) is 3.24. The highest BCUT2D eigenvalue weighted by atomic mass is 16.5. The van der Waals surface area contributed by atoms with Crippen molar-refractivity contribution in [2.45, 2.75) is 26.2 Å². The summed E-state index contributed by atoms with van der Waals surface area (Å²) in [6, 6.07) is 11.5. The molecule has 2 aromatic rings. The Labute approximate surface area is 171 Å². The molecule has 0 aliphatic carbocycles. The lowest BCUT2D eigenvalue weighted by Crippen LogP contribution is -2.25. The molecule has 1 heterocycles. The Hall–Kier alpha value is -3.28. The summed E-state index contributed by atoms with van der Waals surface area (Å²) in [5.41, 5.74) is 3.36. The molecule has 0 aromatic heterocycles. The molecule has 0 radical (unpaired) electrons. The zero-order chi connectivity index (χ0) is 21.0. The van der Waals surface area contributed by atoms with Crippen LogP contribution in [0, 0.1) is 0 Å². The van der Waals surface area contributed by atoms with Gasteiger partial charge >= 0.3 is 0 Å². The van der Waals surface area contributed by atoms with E-state index in [2.05, 4.69) is 24.2 Å². The molecule has 0 saturated carbocycles. The average Bonchev–Trinajstić information content (AvgIpc) is 3.06. The fraction of sp³-hybridized carbons (Fsp3) is 0.304. The molecule has 0 unspecified atom stereocenters. The highest BCUT2D eigenvalue weighted by Crippen LogP contribution is 2.29. The van der Waals surface area contributed by atoms with Crippen LogP contribution >= 0.6 is 0 Å². The Kier molecular flexibility index (Phi) is 6.22. The van der Waals surface area contributed by atoms with E-state index in [9.17, 15) is 4.79 Å². The van der Waals surface area contributed by atoms with Crippen molar-refractivity contribution in [1.82, 2.24) is 5.32 Å². The fourth-order valence-electron chi connectivity index (χ4n) is 3.24. The van der Waals surface area contributed by atoms with E-state index in [1.165, 1.54) is 0 Å². The molecule has 0 fully saturated rings. The molecule has 1 N–H and O–H groups in total. The maximum Gasteiger partial charge on any atom is 0.275 e. The van der Waals surface area contributed by atoms with Gasteiger partial charge in [-0.05, 0) is 52.9 Å². The van der Waals surface area contributed by atoms with Gasteiger partial charge in [0.1, 0.15) is 17.3 Å². The van der Waals surface area contributed by atoms with Crippen molar-refractivity contribution < 1.29 is 19.0 Å². The molecule has 0 spiro atoms. The van der Waals surface area contributed by atoms with Gasteiger partial charge < -0.3 is 19.5 Å². The van der Waals surface area contributed by atoms with Gasteiger partial charge in [-0.2, -0.15) is 0 Å². The molecule has 1 aliphatic heterocycles. The van der Waals surface area contributed by atoms with Gasteiger partial charge in [0.05, 0.1) is 21.3 Å². The van der Waals surface area contributed by atoms with Crippen LogP contribution in [0.15, 0.2) is 47.1 Å². The molecule has 6 heteroatoms. The molecule has 2 aromatic carbocycles. The molecule has 0 saturated heterocycles. The lowest BCUT2D eigenvalue weighted by Gasteiger charge is -2.12. The standard InChI is InChI=1S/C23H26N2O4/c1-14(2)17-10-15(6-8-19(17)27-3)11-18-23(26)25-22(24-18)13-16-7-9-20(28-4)21(12-16)29-5/h6-12,14H,13H2,1-5H3,(H,24,25,26)/b18-11+. The molecular formula is C23H26N2O4. The third kappa shape index (κ3) is 4.59.